The molecule has 0 aliphatic carbocycles. The van der Waals surface area contributed by atoms with Crippen LogP contribution in [-0.2, 0) is 6.42 Å². The van der Waals surface area contributed by atoms with Crippen LogP contribution in [0, 0.1) is 13.8 Å². The van der Waals surface area contributed by atoms with Crippen molar-refractivity contribution < 1.29 is 4.74 Å². The molecule has 0 saturated heterocycles. The van der Waals surface area contributed by atoms with Gasteiger partial charge in [-0.25, -0.2) is 0 Å². The number of benzene rings is 2. The minimum absolute atomic E-state index is 0.234. The predicted molar refractivity (Wildman–Crippen MR) is 80.2 cm³/mol. The number of hydrogen-bond donors (Lipinski definition) is 0. The summed E-state index contributed by atoms with van der Waals surface area (Å²) in [7, 11) is 0. The highest BCUT2D eigenvalue weighted by Crippen LogP contribution is 2.42. The van der Waals surface area contributed by atoms with Gasteiger partial charge in [0.25, 0.3) is 0 Å². The average Bonchev–Trinajstić information content (AvgIpc) is 2.72. The highest BCUT2D eigenvalue weighted by atomic mass is 35.5. The third-order valence-corrected chi connectivity index (χ3v) is 4.07. The van der Waals surface area contributed by atoms with Gasteiger partial charge in [-0.15, -0.1) is 0 Å². The summed E-state index contributed by atoms with van der Waals surface area (Å²) in [6, 6.07) is 10.4. The summed E-state index contributed by atoms with van der Waals surface area (Å²) < 4.78 is 5.98. The van der Waals surface area contributed by atoms with E-state index in [1.165, 1.54) is 22.3 Å². The van der Waals surface area contributed by atoms with Crippen molar-refractivity contribution in [3.63, 3.8) is 0 Å². The van der Waals surface area contributed by atoms with E-state index in [0.29, 0.717) is 0 Å². The predicted octanol–water partition coefficient (Wildman–Crippen LogP) is 4.95. The maximum absolute atomic E-state index is 6.26. The summed E-state index contributed by atoms with van der Waals surface area (Å²) in [4.78, 5) is 0. The standard InChI is InChI=1S/C17H17ClO/c1-10-5-4-6-15(12(10)3)16-9-14(18)8-13-7-11(2)19-17(13)16/h4-6,8-9,11H,7H2,1-3H3. The maximum atomic E-state index is 6.26. The first-order valence-corrected chi connectivity index (χ1v) is 6.99. The fourth-order valence-corrected chi connectivity index (χ4v) is 2.98. The Bertz CT molecular complexity index is 646. The number of rotatable bonds is 1. The van der Waals surface area contributed by atoms with Crippen molar-refractivity contribution in [3.05, 3.63) is 52.0 Å². The van der Waals surface area contributed by atoms with E-state index in [0.717, 1.165) is 22.8 Å². The van der Waals surface area contributed by atoms with Gasteiger partial charge in [-0.1, -0.05) is 29.8 Å². The topological polar surface area (TPSA) is 9.23 Å². The van der Waals surface area contributed by atoms with Crippen LogP contribution < -0.4 is 4.74 Å². The van der Waals surface area contributed by atoms with E-state index >= 15 is 0 Å². The van der Waals surface area contributed by atoms with Gasteiger partial charge in [0.1, 0.15) is 11.9 Å². The van der Waals surface area contributed by atoms with E-state index in [2.05, 4.69) is 39.0 Å². The zero-order valence-corrected chi connectivity index (χ0v) is 12.2. The first-order valence-electron chi connectivity index (χ1n) is 6.62. The number of halogens is 1. The third-order valence-electron chi connectivity index (χ3n) is 3.85. The fraction of sp³-hybridized carbons (Fsp3) is 0.294. The molecule has 1 unspecified atom stereocenters. The number of fused-ring (bicyclic) bond motifs is 1. The minimum Gasteiger partial charge on any atom is -0.489 e. The Morgan fingerprint density at radius 3 is 2.74 bits per heavy atom. The summed E-state index contributed by atoms with van der Waals surface area (Å²) >= 11 is 6.26. The monoisotopic (exact) mass is 272 g/mol. The molecule has 1 atom stereocenters. The van der Waals surface area contributed by atoms with Crippen LogP contribution >= 0.6 is 11.6 Å². The smallest absolute Gasteiger partial charge is 0.130 e. The summed E-state index contributed by atoms with van der Waals surface area (Å²) in [5.41, 5.74) is 6.13. The van der Waals surface area contributed by atoms with Gasteiger partial charge >= 0.3 is 0 Å². The van der Waals surface area contributed by atoms with Gasteiger partial charge < -0.3 is 4.74 Å². The van der Waals surface area contributed by atoms with E-state index < -0.39 is 0 Å². The largest absolute Gasteiger partial charge is 0.489 e. The van der Waals surface area contributed by atoms with Crippen molar-refractivity contribution in [2.45, 2.75) is 33.3 Å². The van der Waals surface area contributed by atoms with Crippen LogP contribution in [0.1, 0.15) is 23.6 Å². The van der Waals surface area contributed by atoms with Crippen LogP contribution in [0.3, 0.4) is 0 Å². The molecule has 0 amide bonds. The molecule has 0 spiro atoms. The van der Waals surface area contributed by atoms with Crippen molar-refractivity contribution in [3.8, 4) is 16.9 Å². The van der Waals surface area contributed by atoms with Crippen LogP contribution in [0.15, 0.2) is 30.3 Å². The van der Waals surface area contributed by atoms with Crippen LogP contribution in [0.2, 0.25) is 5.02 Å². The summed E-state index contributed by atoms with van der Waals surface area (Å²) in [6.07, 6.45) is 1.17. The second-order valence-electron chi connectivity index (χ2n) is 5.32. The molecule has 1 nitrogen and oxygen atoms in total. The molecular formula is C17H17ClO. The molecule has 0 aromatic heterocycles. The second-order valence-corrected chi connectivity index (χ2v) is 5.76. The molecule has 0 N–H and O–H groups in total. The quantitative estimate of drug-likeness (QED) is 0.714. The van der Waals surface area contributed by atoms with E-state index in [1.54, 1.807) is 0 Å². The molecule has 0 radical (unpaired) electrons. The van der Waals surface area contributed by atoms with E-state index in [1.807, 2.05) is 12.1 Å². The summed E-state index contributed by atoms with van der Waals surface area (Å²) in [5, 5.41) is 0.785. The number of ether oxygens (including phenoxy) is 1. The second kappa shape index (κ2) is 4.57. The molecule has 3 rings (SSSR count). The van der Waals surface area contributed by atoms with Gasteiger partial charge in [0.05, 0.1) is 0 Å². The van der Waals surface area contributed by atoms with Gasteiger partial charge in [-0.05, 0) is 55.2 Å². The lowest BCUT2D eigenvalue weighted by Gasteiger charge is -2.14. The molecule has 2 heteroatoms. The molecule has 1 heterocycles. The highest BCUT2D eigenvalue weighted by molar-refractivity contribution is 6.31. The van der Waals surface area contributed by atoms with Gasteiger partial charge in [0.15, 0.2) is 0 Å². The van der Waals surface area contributed by atoms with Crippen molar-refractivity contribution >= 4 is 11.6 Å². The lowest BCUT2D eigenvalue weighted by atomic mass is 9.95. The van der Waals surface area contributed by atoms with Gasteiger partial charge in [-0.2, -0.15) is 0 Å². The molecule has 2 aromatic rings. The van der Waals surface area contributed by atoms with E-state index in [4.69, 9.17) is 16.3 Å². The summed E-state index contributed by atoms with van der Waals surface area (Å²) in [6.45, 7) is 6.38. The Hall–Kier alpha value is -1.47. The molecule has 2 aromatic carbocycles. The highest BCUT2D eigenvalue weighted by Gasteiger charge is 2.24. The lowest BCUT2D eigenvalue weighted by Crippen LogP contribution is -2.05. The SMILES string of the molecule is Cc1cccc(-c2cc(Cl)cc3c2OC(C)C3)c1C. The lowest BCUT2D eigenvalue weighted by molar-refractivity contribution is 0.255. The molecule has 1 aliphatic heterocycles. The molecular weight excluding hydrogens is 256 g/mol. The van der Waals surface area contributed by atoms with Crippen LogP contribution in [0.5, 0.6) is 5.75 Å². The Balaban J connectivity index is 2.24. The molecule has 19 heavy (non-hydrogen) atoms. The Kier molecular flexibility index (Phi) is 3.02. The molecule has 0 saturated carbocycles. The zero-order valence-electron chi connectivity index (χ0n) is 11.5. The van der Waals surface area contributed by atoms with Crippen molar-refractivity contribution in [1.82, 2.24) is 0 Å². The van der Waals surface area contributed by atoms with Crippen LogP contribution in [-0.4, -0.2) is 6.10 Å². The Labute approximate surface area is 119 Å². The molecule has 0 fully saturated rings. The Morgan fingerprint density at radius 2 is 1.95 bits per heavy atom. The fourth-order valence-electron chi connectivity index (χ4n) is 2.74. The Morgan fingerprint density at radius 1 is 1.16 bits per heavy atom. The average molecular weight is 273 g/mol. The molecule has 98 valence electrons. The number of hydrogen-bond acceptors (Lipinski definition) is 1. The van der Waals surface area contributed by atoms with Gasteiger partial charge in [0, 0.05) is 17.0 Å². The minimum atomic E-state index is 0.234. The van der Waals surface area contributed by atoms with Crippen molar-refractivity contribution in [1.29, 1.82) is 0 Å². The first-order chi connectivity index (χ1) is 9.06. The van der Waals surface area contributed by atoms with E-state index in [-0.39, 0.29) is 6.10 Å². The zero-order chi connectivity index (χ0) is 13.6. The maximum Gasteiger partial charge on any atom is 0.130 e. The van der Waals surface area contributed by atoms with Gasteiger partial charge in [-0.3, -0.25) is 0 Å². The van der Waals surface area contributed by atoms with Gasteiger partial charge in [0.2, 0.25) is 0 Å². The van der Waals surface area contributed by atoms with E-state index in [9.17, 15) is 0 Å². The van der Waals surface area contributed by atoms with Crippen molar-refractivity contribution in [2.24, 2.45) is 0 Å². The number of aryl methyl sites for hydroxylation is 1. The summed E-state index contributed by atoms with van der Waals surface area (Å²) in [5.74, 6) is 1.01. The normalized spacial score (nSPS) is 17.2. The van der Waals surface area contributed by atoms with Crippen LogP contribution in [0.25, 0.3) is 11.1 Å². The van der Waals surface area contributed by atoms with Crippen molar-refractivity contribution in [2.75, 3.05) is 0 Å². The molecule has 0 bridgehead atoms. The third kappa shape index (κ3) is 2.12. The van der Waals surface area contributed by atoms with Crippen LogP contribution in [0.4, 0.5) is 0 Å². The first kappa shape index (κ1) is 12.6. The molecule has 1 aliphatic rings.